The van der Waals surface area contributed by atoms with Crippen molar-refractivity contribution in [2.45, 2.75) is 50.0 Å². The van der Waals surface area contributed by atoms with E-state index in [0.717, 1.165) is 25.7 Å². The van der Waals surface area contributed by atoms with E-state index in [4.69, 9.17) is 20.3 Å². The molecule has 31 heavy (non-hydrogen) atoms. The minimum absolute atomic E-state index is 0.131. The molecule has 0 amide bonds. The Morgan fingerprint density at radius 3 is 2.65 bits per heavy atom. The Morgan fingerprint density at radius 1 is 1.13 bits per heavy atom. The monoisotopic (exact) mass is 449 g/mol. The Labute approximate surface area is 181 Å². The van der Waals surface area contributed by atoms with Crippen LogP contribution >= 0.6 is 7.82 Å². The molecule has 0 radical (unpaired) electrons. The first kappa shape index (κ1) is 22.4. The number of phosphoric acid groups is 1. The van der Waals surface area contributed by atoms with Gasteiger partial charge in [-0.05, 0) is 91.3 Å². The summed E-state index contributed by atoms with van der Waals surface area (Å²) in [5, 5.41) is 0. The second-order valence-corrected chi connectivity index (χ2v) is 10.2. The molecule has 0 spiro atoms. The zero-order valence-electron chi connectivity index (χ0n) is 17.4. The molecule has 1 saturated carbocycles. The molecule has 4 N–H and O–H groups in total. The van der Waals surface area contributed by atoms with E-state index in [2.05, 4.69) is 22.7 Å². The van der Waals surface area contributed by atoms with E-state index in [1.54, 1.807) is 12.1 Å². The number of phosphoric ester groups is 1. The van der Waals surface area contributed by atoms with Gasteiger partial charge in [0, 0.05) is 5.54 Å². The van der Waals surface area contributed by atoms with Crippen LogP contribution in [0.15, 0.2) is 42.5 Å². The van der Waals surface area contributed by atoms with Crippen LogP contribution in [0.2, 0.25) is 0 Å². The lowest BCUT2D eigenvalue weighted by atomic mass is 9.82. The highest BCUT2D eigenvalue weighted by atomic mass is 31.2. The zero-order chi connectivity index (χ0) is 22.1. The fourth-order valence-electron chi connectivity index (χ4n) is 4.78. The van der Waals surface area contributed by atoms with Crippen molar-refractivity contribution in [3.05, 3.63) is 65.0 Å². The number of ether oxygens (including phenoxy) is 1. The van der Waals surface area contributed by atoms with E-state index in [0.29, 0.717) is 31.1 Å². The average molecular weight is 449 g/mol. The van der Waals surface area contributed by atoms with Crippen molar-refractivity contribution >= 4 is 7.82 Å². The Morgan fingerprint density at radius 2 is 1.90 bits per heavy atom. The molecule has 0 saturated heterocycles. The Bertz CT molecular complexity index is 963. The molecule has 3 atom stereocenters. The molecule has 2 aromatic carbocycles. The number of benzene rings is 2. The van der Waals surface area contributed by atoms with Crippen LogP contribution in [0.5, 0.6) is 5.75 Å². The van der Waals surface area contributed by atoms with Crippen LogP contribution in [0.3, 0.4) is 0 Å². The van der Waals surface area contributed by atoms with E-state index < -0.39 is 13.4 Å². The molecule has 0 bridgehead atoms. The largest absolute Gasteiger partial charge is 0.493 e. The number of halogens is 1. The maximum absolute atomic E-state index is 13.0. The number of aryl methyl sites for hydroxylation is 1. The van der Waals surface area contributed by atoms with E-state index in [-0.39, 0.29) is 18.3 Å². The third-order valence-electron chi connectivity index (χ3n) is 6.50. The van der Waals surface area contributed by atoms with Crippen LogP contribution in [-0.2, 0) is 21.9 Å². The predicted molar refractivity (Wildman–Crippen MR) is 115 cm³/mol. The van der Waals surface area contributed by atoms with Crippen LogP contribution in [0, 0.1) is 11.7 Å². The Balaban J connectivity index is 1.34. The molecule has 0 aromatic heterocycles. The van der Waals surface area contributed by atoms with Gasteiger partial charge >= 0.3 is 7.82 Å². The first-order valence-corrected chi connectivity index (χ1v) is 12.2. The van der Waals surface area contributed by atoms with Crippen molar-refractivity contribution in [1.82, 2.24) is 0 Å². The summed E-state index contributed by atoms with van der Waals surface area (Å²) in [6.45, 7) is 0.485. The van der Waals surface area contributed by atoms with E-state index in [1.165, 1.54) is 28.8 Å². The third-order valence-corrected chi connectivity index (χ3v) is 6.96. The second kappa shape index (κ2) is 9.00. The number of nitrogens with two attached hydrogens (primary N) is 1. The van der Waals surface area contributed by atoms with Crippen molar-refractivity contribution < 1.29 is 28.0 Å². The minimum atomic E-state index is -4.51. The van der Waals surface area contributed by atoms with Gasteiger partial charge in [0.15, 0.2) is 0 Å². The number of hydrogen-bond acceptors (Lipinski definition) is 4. The third kappa shape index (κ3) is 5.93. The SMILES string of the molecule is N[C@]1(COP(=O)(O)O)CC[C@H](c2ccc3c(c2)CCC(COc2ccc(F)cc2)C3)C1. The normalized spacial score (nSPS) is 25.9. The minimum Gasteiger partial charge on any atom is -0.493 e. The zero-order valence-corrected chi connectivity index (χ0v) is 18.3. The van der Waals surface area contributed by atoms with Crippen molar-refractivity contribution in [3.8, 4) is 5.75 Å². The highest BCUT2D eigenvalue weighted by molar-refractivity contribution is 7.46. The van der Waals surface area contributed by atoms with Crippen LogP contribution in [0.1, 0.15) is 48.3 Å². The average Bonchev–Trinajstić information content (AvgIpc) is 3.14. The van der Waals surface area contributed by atoms with Gasteiger partial charge in [-0.3, -0.25) is 4.52 Å². The van der Waals surface area contributed by atoms with Gasteiger partial charge in [-0.15, -0.1) is 0 Å². The van der Waals surface area contributed by atoms with Crippen LogP contribution in [-0.4, -0.2) is 28.5 Å². The molecule has 8 heteroatoms. The summed E-state index contributed by atoms with van der Waals surface area (Å²) in [7, 11) is -4.51. The molecule has 2 aliphatic rings. The summed E-state index contributed by atoms with van der Waals surface area (Å²) in [5.74, 6) is 1.13. The summed E-state index contributed by atoms with van der Waals surface area (Å²) in [5.41, 5.74) is 9.57. The molecular weight excluding hydrogens is 420 g/mol. The molecule has 168 valence electrons. The number of fused-ring (bicyclic) bond motifs is 1. The first-order valence-electron chi connectivity index (χ1n) is 10.7. The summed E-state index contributed by atoms with van der Waals surface area (Å²) in [6.07, 6.45) is 5.20. The predicted octanol–water partition coefficient (Wildman–Crippen LogP) is 4.08. The standard InChI is InChI=1S/C23H29FNO5P/c24-21-5-7-22(8-6-21)29-14-16-1-2-18-12-19(4-3-17(18)11-16)20-9-10-23(25,13-20)15-30-31(26,27)28/h3-8,12,16,20H,1-2,9-11,13-15,25H2,(H2,26,27,28)/t16?,20-,23+/m0/s1. The van der Waals surface area contributed by atoms with Crippen LogP contribution in [0.4, 0.5) is 4.39 Å². The molecular formula is C23H29FNO5P. The summed E-state index contributed by atoms with van der Waals surface area (Å²) < 4.78 is 34.5. The molecule has 2 aliphatic carbocycles. The van der Waals surface area contributed by atoms with Crippen molar-refractivity contribution in [2.24, 2.45) is 11.7 Å². The highest BCUT2D eigenvalue weighted by Crippen LogP contribution is 2.44. The molecule has 6 nitrogen and oxygen atoms in total. The van der Waals surface area contributed by atoms with Gasteiger partial charge in [-0.1, -0.05) is 18.2 Å². The van der Waals surface area contributed by atoms with Gasteiger partial charge in [-0.2, -0.15) is 0 Å². The topological polar surface area (TPSA) is 102 Å². The molecule has 1 unspecified atom stereocenters. The molecule has 2 aromatic rings. The lowest BCUT2D eigenvalue weighted by Gasteiger charge is -2.26. The van der Waals surface area contributed by atoms with Gasteiger partial charge in [0.05, 0.1) is 13.2 Å². The Hall–Kier alpha value is -1.76. The van der Waals surface area contributed by atoms with Gasteiger partial charge < -0.3 is 20.3 Å². The van der Waals surface area contributed by atoms with Gasteiger partial charge in [0.1, 0.15) is 11.6 Å². The molecule has 4 rings (SSSR count). The maximum Gasteiger partial charge on any atom is 0.469 e. The highest BCUT2D eigenvalue weighted by Gasteiger charge is 2.38. The van der Waals surface area contributed by atoms with E-state index in [1.807, 2.05) is 0 Å². The fourth-order valence-corrected chi connectivity index (χ4v) is 5.20. The van der Waals surface area contributed by atoms with Gasteiger partial charge in [0.2, 0.25) is 0 Å². The van der Waals surface area contributed by atoms with Gasteiger partial charge in [-0.25, -0.2) is 8.96 Å². The molecule has 0 aliphatic heterocycles. The molecule has 0 heterocycles. The van der Waals surface area contributed by atoms with Crippen molar-refractivity contribution in [2.75, 3.05) is 13.2 Å². The summed E-state index contributed by atoms with van der Waals surface area (Å²) in [6, 6.07) is 12.7. The molecule has 1 fully saturated rings. The van der Waals surface area contributed by atoms with Crippen LogP contribution < -0.4 is 10.5 Å². The Kier molecular flexibility index (Phi) is 6.52. The quantitative estimate of drug-likeness (QED) is 0.551. The second-order valence-electron chi connectivity index (χ2n) is 8.97. The summed E-state index contributed by atoms with van der Waals surface area (Å²) in [4.78, 5) is 17.9. The number of hydrogen-bond donors (Lipinski definition) is 3. The number of rotatable bonds is 7. The lowest BCUT2D eigenvalue weighted by Crippen LogP contribution is -2.41. The van der Waals surface area contributed by atoms with Crippen LogP contribution in [0.25, 0.3) is 0 Å². The maximum atomic E-state index is 13.0. The smallest absolute Gasteiger partial charge is 0.469 e. The van der Waals surface area contributed by atoms with E-state index in [9.17, 15) is 8.96 Å². The lowest BCUT2D eigenvalue weighted by molar-refractivity contribution is 0.153. The van der Waals surface area contributed by atoms with Gasteiger partial charge in [0.25, 0.3) is 0 Å². The first-order chi connectivity index (χ1) is 14.7. The van der Waals surface area contributed by atoms with E-state index >= 15 is 0 Å². The van der Waals surface area contributed by atoms with Crippen molar-refractivity contribution in [1.29, 1.82) is 0 Å². The fraction of sp³-hybridized carbons (Fsp3) is 0.478. The van der Waals surface area contributed by atoms with Crippen molar-refractivity contribution in [3.63, 3.8) is 0 Å². The summed E-state index contributed by atoms with van der Waals surface area (Å²) >= 11 is 0.